The maximum Gasteiger partial charge on any atom is 0.263 e. The highest BCUT2D eigenvalue weighted by molar-refractivity contribution is 7.16. The Morgan fingerprint density at radius 2 is 1.89 bits per heavy atom. The van der Waals surface area contributed by atoms with E-state index in [2.05, 4.69) is 34.3 Å². The maximum atomic E-state index is 13.1. The second-order valence-electron chi connectivity index (χ2n) is 7.14. The lowest BCUT2D eigenvalue weighted by molar-refractivity contribution is 0.0933. The van der Waals surface area contributed by atoms with Crippen LogP contribution in [-0.2, 0) is 0 Å². The molecular weight excluding hydrogens is 372 g/mol. The second kappa shape index (κ2) is 7.55. The number of carbonyl (C=O) groups is 1. The zero-order valence-corrected chi connectivity index (χ0v) is 16.8. The number of amides is 1. The summed E-state index contributed by atoms with van der Waals surface area (Å²) in [7, 11) is 0. The Morgan fingerprint density at radius 3 is 2.64 bits per heavy atom. The first-order valence-electron chi connectivity index (χ1n) is 9.24. The summed E-state index contributed by atoms with van der Waals surface area (Å²) in [5.74, 6) is 0.997. The van der Waals surface area contributed by atoms with Gasteiger partial charge in [-0.2, -0.15) is 0 Å². The van der Waals surface area contributed by atoms with Crippen molar-refractivity contribution >= 4 is 22.9 Å². The number of rotatable bonds is 6. The third-order valence-corrected chi connectivity index (χ3v) is 5.65. The summed E-state index contributed by atoms with van der Waals surface area (Å²) < 4.78 is 3.84. The van der Waals surface area contributed by atoms with Crippen LogP contribution in [0.5, 0.6) is 0 Å². The molecular formula is C20H22N6OS. The fraction of sp³-hybridized carbons (Fsp3) is 0.300. The van der Waals surface area contributed by atoms with E-state index in [1.165, 1.54) is 11.3 Å². The van der Waals surface area contributed by atoms with Crippen LogP contribution in [0.3, 0.4) is 0 Å². The van der Waals surface area contributed by atoms with Crippen molar-refractivity contribution in [2.24, 2.45) is 5.92 Å². The van der Waals surface area contributed by atoms with Crippen LogP contribution in [0.15, 0.2) is 48.9 Å². The monoisotopic (exact) mass is 394 g/mol. The van der Waals surface area contributed by atoms with Gasteiger partial charge >= 0.3 is 0 Å². The van der Waals surface area contributed by atoms with Crippen LogP contribution in [-0.4, -0.2) is 30.1 Å². The van der Waals surface area contributed by atoms with Crippen molar-refractivity contribution in [2.45, 2.75) is 33.2 Å². The van der Waals surface area contributed by atoms with Gasteiger partial charge in [-0.15, -0.1) is 10.2 Å². The molecule has 0 aliphatic rings. The molecule has 0 fully saturated rings. The average molecular weight is 395 g/mol. The minimum atomic E-state index is -0.235. The minimum absolute atomic E-state index is 0.133. The number of nitrogens with zero attached hydrogens (tertiary/aromatic N) is 5. The molecule has 4 aromatic rings. The zero-order valence-electron chi connectivity index (χ0n) is 16.0. The summed E-state index contributed by atoms with van der Waals surface area (Å²) in [6.07, 6.45) is 6.53. The van der Waals surface area contributed by atoms with Crippen LogP contribution in [0.1, 0.15) is 47.5 Å². The Kier molecular flexibility index (Phi) is 4.95. The van der Waals surface area contributed by atoms with Gasteiger partial charge in [-0.25, -0.2) is 4.98 Å². The molecule has 0 saturated heterocycles. The van der Waals surface area contributed by atoms with Gasteiger partial charge in [0.25, 0.3) is 5.91 Å². The second-order valence-corrected chi connectivity index (χ2v) is 8.12. The van der Waals surface area contributed by atoms with Gasteiger partial charge in [-0.1, -0.05) is 31.3 Å². The van der Waals surface area contributed by atoms with Crippen molar-refractivity contribution < 1.29 is 4.79 Å². The third-order valence-electron chi connectivity index (χ3n) is 4.48. The van der Waals surface area contributed by atoms with Gasteiger partial charge < -0.3 is 9.88 Å². The molecule has 4 rings (SSSR count). The Morgan fingerprint density at radius 1 is 1.14 bits per heavy atom. The minimum Gasteiger partial charge on any atom is -0.341 e. The fourth-order valence-electron chi connectivity index (χ4n) is 3.19. The normalized spacial score (nSPS) is 12.6. The highest BCUT2D eigenvalue weighted by Crippen LogP contribution is 2.25. The number of fused-ring (bicyclic) bond motifs is 1. The molecule has 0 aliphatic carbocycles. The Hall–Kier alpha value is -3.00. The number of hydrogen-bond donors (Lipinski definition) is 1. The Balaban J connectivity index is 1.63. The first kappa shape index (κ1) is 18.4. The molecule has 1 amide bonds. The summed E-state index contributed by atoms with van der Waals surface area (Å²) in [6.45, 7) is 6.12. The molecule has 1 atom stereocenters. The highest BCUT2D eigenvalue weighted by atomic mass is 32.1. The van der Waals surface area contributed by atoms with E-state index in [4.69, 9.17) is 0 Å². The van der Waals surface area contributed by atoms with Crippen molar-refractivity contribution in [3.05, 3.63) is 65.3 Å². The first-order chi connectivity index (χ1) is 13.5. The van der Waals surface area contributed by atoms with Gasteiger partial charge in [-0.05, 0) is 43.5 Å². The number of aromatic nitrogens is 5. The van der Waals surface area contributed by atoms with Gasteiger partial charge in [-0.3, -0.25) is 9.20 Å². The molecule has 0 aromatic carbocycles. The number of carbonyl (C=O) groups excluding carboxylic acids is 1. The number of nitrogens with one attached hydrogen (secondary N) is 1. The summed E-state index contributed by atoms with van der Waals surface area (Å²) in [5.41, 5.74) is 1.49. The average Bonchev–Trinajstić information content (AvgIpc) is 3.40. The molecule has 0 radical (unpaired) electrons. The Labute approximate surface area is 167 Å². The van der Waals surface area contributed by atoms with E-state index in [0.717, 1.165) is 28.7 Å². The molecule has 28 heavy (non-hydrogen) atoms. The molecule has 4 heterocycles. The highest BCUT2D eigenvalue weighted by Gasteiger charge is 2.24. The van der Waals surface area contributed by atoms with Crippen molar-refractivity contribution in [3.8, 4) is 5.13 Å². The molecule has 7 nitrogen and oxygen atoms in total. The smallest absolute Gasteiger partial charge is 0.263 e. The quantitative estimate of drug-likeness (QED) is 0.540. The maximum absolute atomic E-state index is 13.1. The van der Waals surface area contributed by atoms with E-state index in [1.54, 1.807) is 0 Å². The molecule has 0 aliphatic heterocycles. The predicted octanol–water partition coefficient (Wildman–Crippen LogP) is 3.80. The van der Waals surface area contributed by atoms with Gasteiger partial charge in [0.05, 0.1) is 11.7 Å². The lowest BCUT2D eigenvalue weighted by Crippen LogP contribution is -2.30. The van der Waals surface area contributed by atoms with Crippen LogP contribution >= 0.6 is 11.3 Å². The molecule has 0 saturated carbocycles. The van der Waals surface area contributed by atoms with Gasteiger partial charge in [0.2, 0.25) is 0 Å². The van der Waals surface area contributed by atoms with E-state index < -0.39 is 0 Å². The molecule has 0 bridgehead atoms. The fourth-order valence-corrected chi connectivity index (χ4v) is 4.12. The summed E-state index contributed by atoms with van der Waals surface area (Å²) >= 11 is 1.38. The number of thiazole rings is 1. The van der Waals surface area contributed by atoms with E-state index in [1.807, 2.05) is 64.8 Å². The van der Waals surface area contributed by atoms with Crippen molar-refractivity contribution in [1.82, 2.24) is 29.5 Å². The van der Waals surface area contributed by atoms with Crippen molar-refractivity contribution in [2.75, 3.05) is 0 Å². The SMILES string of the molecule is Cc1nc(-n2cccc2)sc1C(=O)N[C@@H](CC(C)C)c1nnc2ccccn12. The van der Waals surface area contributed by atoms with Crippen LogP contribution in [0, 0.1) is 12.8 Å². The van der Waals surface area contributed by atoms with Crippen LogP contribution in [0.2, 0.25) is 0 Å². The van der Waals surface area contributed by atoms with Crippen LogP contribution in [0.4, 0.5) is 0 Å². The summed E-state index contributed by atoms with van der Waals surface area (Å²) in [5, 5.41) is 12.5. The van der Waals surface area contributed by atoms with Crippen LogP contribution in [0.25, 0.3) is 10.8 Å². The summed E-state index contributed by atoms with van der Waals surface area (Å²) in [4.78, 5) is 18.2. The number of aryl methyl sites for hydroxylation is 1. The standard InChI is InChI=1S/C20H22N6OS/c1-13(2)12-15(18-24-23-16-8-4-5-11-26(16)18)22-19(27)17-14(3)21-20(28-17)25-9-6-7-10-25/h4-11,13,15H,12H2,1-3H3,(H,22,27)/t15-/m0/s1. The molecule has 8 heteroatoms. The van der Waals surface area contributed by atoms with Gasteiger partial charge in [0.1, 0.15) is 4.88 Å². The largest absolute Gasteiger partial charge is 0.341 e. The molecule has 4 aromatic heterocycles. The predicted molar refractivity (Wildman–Crippen MR) is 109 cm³/mol. The van der Waals surface area contributed by atoms with E-state index in [0.29, 0.717) is 10.8 Å². The molecule has 0 spiro atoms. The third kappa shape index (κ3) is 3.55. The summed E-state index contributed by atoms with van der Waals surface area (Å²) in [6, 6.07) is 9.40. The lowest BCUT2D eigenvalue weighted by atomic mass is 10.0. The van der Waals surface area contributed by atoms with Gasteiger partial charge in [0.15, 0.2) is 16.6 Å². The molecule has 0 unspecified atom stereocenters. The first-order valence-corrected chi connectivity index (χ1v) is 10.1. The molecule has 144 valence electrons. The van der Waals surface area contributed by atoms with E-state index in [-0.39, 0.29) is 11.9 Å². The number of pyridine rings is 1. The molecule has 1 N–H and O–H groups in total. The number of hydrogen-bond acceptors (Lipinski definition) is 5. The van der Waals surface area contributed by atoms with Crippen LogP contribution < -0.4 is 5.32 Å². The lowest BCUT2D eigenvalue weighted by Gasteiger charge is -2.19. The van der Waals surface area contributed by atoms with E-state index in [9.17, 15) is 4.79 Å². The van der Waals surface area contributed by atoms with E-state index >= 15 is 0 Å². The van der Waals surface area contributed by atoms with Crippen molar-refractivity contribution in [3.63, 3.8) is 0 Å². The van der Waals surface area contributed by atoms with Crippen molar-refractivity contribution in [1.29, 1.82) is 0 Å². The topological polar surface area (TPSA) is 77.1 Å². The Bertz CT molecular complexity index is 1100. The van der Waals surface area contributed by atoms with Gasteiger partial charge in [0, 0.05) is 18.6 Å². The zero-order chi connectivity index (χ0) is 19.7.